The van der Waals surface area contributed by atoms with Crippen LogP contribution in [-0.4, -0.2) is 6.54 Å². The molecule has 2 aromatic rings. The number of benzene rings is 2. The van der Waals surface area contributed by atoms with E-state index in [9.17, 15) is 0 Å². The Morgan fingerprint density at radius 2 is 1.74 bits per heavy atom. The van der Waals surface area contributed by atoms with Gasteiger partial charge in [0.25, 0.3) is 0 Å². The highest BCUT2D eigenvalue weighted by atomic mass is 15.1. The summed E-state index contributed by atoms with van der Waals surface area (Å²) in [5.74, 6) is 0. The third kappa shape index (κ3) is 3.72. The number of anilines is 1. The van der Waals surface area contributed by atoms with Crippen LogP contribution in [0.1, 0.15) is 16.7 Å². The van der Waals surface area contributed by atoms with E-state index in [1.165, 1.54) is 22.4 Å². The van der Waals surface area contributed by atoms with E-state index in [1.807, 2.05) is 6.08 Å². The summed E-state index contributed by atoms with van der Waals surface area (Å²) in [6.07, 6.45) is 1.95. The maximum atomic E-state index is 3.86. The molecule has 0 unspecified atom stereocenters. The van der Waals surface area contributed by atoms with E-state index in [4.69, 9.17) is 0 Å². The van der Waals surface area contributed by atoms with Gasteiger partial charge in [-0.05, 0) is 31.5 Å². The van der Waals surface area contributed by atoms with E-state index in [-0.39, 0.29) is 0 Å². The summed E-state index contributed by atoms with van der Waals surface area (Å²) in [5, 5.41) is 0. The summed E-state index contributed by atoms with van der Waals surface area (Å²) >= 11 is 0. The lowest BCUT2D eigenvalue weighted by molar-refractivity contribution is 0.866. The Morgan fingerprint density at radius 1 is 1.00 bits per heavy atom. The van der Waals surface area contributed by atoms with Crippen molar-refractivity contribution >= 4 is 5.69 Å². The van der Waals surface area contributed by atoms with Crippen molar-refractivity contribution in [1.82, 2.24) is 0 Å². The van der Waals surface area contributed by atoms with Gasteiger partial charge in [0.15, 0.2) is 0 Å². The van der Waals surface area contributed by atoms with Gasteiger partial charge in [0.2, 0.25) is 0 Å². The second-order valence-corrected chi connectivity index (χ2v) is 4.99. The lowest BCUT2D eigenvalue weighted by Crippen LogP contribution is -2.22. The molecule has 0 radical (unpaired) electrons. The summed E-state index contributed by atoms with van der Waals surface area (Å²) in [7, 11) is 0. The van der Waals surface area contributed by atoms with Crippen molar-refractivity contribution in [3.8, 4) is 0 Å². The van der Waals surface area contributed by atoms with Gasteiger partial charge in [0.05, 0.1) is 0 Å². The zero-order valence-electron chi connectivity index (χ0n) is 11.8. The number of hydrogen-bond acceptors (Lipinski definition) is 1. The molecule has 0 N–H and O–H groups in total. The molecule has 0 heterocycles. The average molecular weight is 251 g/mol. The summed E-state index contributed by atoms with van der Waals surface area (Å²) in [6.45, 7) is 9.88. The minimum absolute atomic E-state index is 0.858. The monoisotopic (exact) mass is 251 g/mol. The summed E-state index contributed by atoms with van der Waals surface area (Å²) in [4.78, 5) is 2.33. The highest BCUT2D eigenvalue weighted by Gasteiger charge is 2.05. The Hall–Kier alpha value is -2.02. The van der Waals surface area contributed by atoms with E-state index in [0.29, 0.717) is 0 Å². The van der Waals surface area contributed by atoms with Crippen molar-refractivity contribution in [2.45, 2.75) is 20.4 Å². The van der Waals surface area contributed by atoms with Crippen molar-refractivity contribution in [2.24, 2.45) is 0 Å². The lowest BCUT2D eigenvalue weighted by Gasteiger charge is -2.24. The summed E-state index contributed by atoms with van der Waals surface area (Å²) < 4.78 is 0. The molecule has 0 aromatic heterocycles. The zero-order chi connectivity index (χ0) is 13.7. The maximum absolute atomic E-state index is 3.86. The van der Waals surface area contributed by atoms with Crippen LogP contribution in [0, 0.1) is 13.8 Å². The molecule has 1 heteroatoms. The molecule has 19 heavy (non-hydrogen) atoms. The van der Waals surface area contributed by atoms with Crippen molar-refractivity contribution in [2.75, 3.05) is 11.4 Å². The largest absolute Gasteiger partial charge is 0.363 e. The van der Waals surface area contributed by atoms with Crippen LogP contribution in [0.5, 0.6) is 0 Å². The van der Waals surface area contributed by atoms with Crippen molar-refractivity contribution in [3.05, 3.63) is 77.9 Å². The molecule has 0 fully saturated rings. The number of aryl methyl sites for hydroxylation is 2. The SMILES string of the molecule is C=CCN(Cc1cccc(C)c1)c1ccc(C)cc1. The van der Waals surface area contributed by atoms with Gasteiger partial charge in [-0.25, -0.2) is 0 Å². The Kier molecular flexibility index (Phi) is 4.40. The smallest absolute Gasteiger partial charge is 0.0433 e. The molecular weight excluding hydrogens is 230 g/mol. The predicted molar refractivity (Wildman–Crippen MR) is 83.6 cm³/mol. The quantitative estimate of drug-likeness (QED) is 0.707. The van der Waals surface area contributed by atoms with Crippen LogP contribution in [0.15, 0.2) is 61.2 Å². The highest BCUT2D eigenvalue weighted by molar-refractivity contribution is 5.48. The highest BCUT2D eigenvalue weighted by Crippen LogP contribution is 2.18. The third-order valence-electron chi connectivity index (χ3n) is 3.20. The van der Waals surface area contributed by atoms with Crippen LogP contribution in [0.4, 0.5) is 5.69 Å². The second-order valence-electron chi connectivity index (χ2n) is 4.99. The molecule has 0 bridgehead atoms. The fourth-order valence-corrected chi connectivity index (χ4v) is 2.20. The molecule has 0 saturated heterocycles. The van der Waals surface area contributed by atoms with Gasteiger partial charge < -0.3 is 4.90 Å². The molecular formula is C18H21N. The molecule has 0 saturated carbocycles. The molecule has 2 aromatic carbocycles. The van der Waals surface area contributed by atoms with Crippen molar-refractivity contribution < 1.29 is 0 Å². The minimum atomic E-state index is 0.858. The van der Waals surface area contributed by atoms with E-state index in [2.05, 4.69) is 73.9 Å². The predicted octanol–water partition coefficient (Wildman–Crippen LogP) is 4.50. The Bertz CT molecular complexity index is 540. The first-order chi connectivity index (χ1) is 9.19. The molecule has 98 valence electrons. The number of nitrogens with zero attached hydrogens (tertiary/aromatic N) is 1. The molecule has 0 atom stereocenters. The number of rotatable bonds is 5. The van der Waals surface area contributed by atoms with Crippen molar-refractivity contribution in [3.63, 3.8) is 0 Å². The van der Waals surface area contributed by atoms with Gasteiger partial charge in [-0.3, -0.25) is 0 Å². The van der Waals surface area contributed by atoms with Crippen LogP contribution >= 0.6 is 0 Å². The summed E-state index contributed by atoms with van der Waals surface area (Å²) in [6, 6.07) is 17.3. The normalized spacial score (nSPS) is 10.2. The van der Waals surface area contributed by atoms with Crippen LogP contribution in [0.3, 0.4) is 0 Å². The number of hydrogen-bond donors (Lipinski definition) is 0. The van der Waals surface area contributed by atoms with E-state index >= 15 is 0 Å². The molecule has 0 aliphatic rings. The van der Waals surface area contributed by atoms with E-state index in [0.717, 1.165) is 13.1 Å². The van der Waals surface area contributed by atoms with Gasteiger partial charge >= 0.3 is 0 Å². The fourth-order valence-electron chi connectivity index (χ4n) is 2.20. The fraction of sp³-hybridized carbons (Fsp3) is 0.222. The van der Waals surface area contributed by atoms with Crippen LogP contribution in [-0.2, 0) is 6.54 Å². The summed E-state index contributed by atoms with van der Waals surface area (Å²) in [5.41, 5.74) is 5.17. The standard InChI is InChI=1S/C18H21N/c1-4-12-19(18-10-8-15(2)9-11-18)14-17-7-5-6-16(3)13-17/h4-11,13H,1,12,14H2,2-3H3. The van der Waals surface area contributed by atoms with Gasteiger partial charge in [0.1, 0.15) is 0 Å². The first-order valence-corrected chi connectivity index (χ1v) is 6.67. The Balaban J connectivity index is 2.20. The first kappa shape index (κ1) is 13.4. The zero-order valence-corrected chi connectivity index (χ0v) is 11.8. The topological polar surface area (TPSA) is 3.24 Å². The van der Waals surface area contributed by atoms with Crippen LogP contribution in [0.25, 0.3) is 0 Å². The third-order valence-corrected chi connectivity index (χ3v) is 3.20. The molecule has 2 rings (SSSR count). The second kappa shape index (κ2) is 6.24. The van der Waals surface area contributed by atoms with Crippen LogP contribution in [0.2, 0.25) is 0 Å². The maximum Gasteiger partial charge on any atom is 0.0433 e. The molecule has 0 aliphatic heterocycles. The van der Waals surface area contributed by atoms with Crippen molar-refractivity contribution in [1.29, 1.82) is 0 Å². The Morgan fingerprint density at radius 3 is 2.37 bits per heavy atom. The molecule has 0 amide bonds. The van der Waals surface area contributed by atoms with E-state index < -0.39 is 0 Å². The van der Waals surface area contributed by atoms with Gasteiger partial charge in [-0.1, -0.05) is 53.6 Å². The van der Waals surface area contributed by atoms with Gasteiger partial charge in [-0.15, -0.1) is 6.58 Å². The lowest BCUT2D eigenvalue weighted by atomic mass is 10.1. The molecule has 0 spiro atoms. The minimum Gasteiger partial charge on any atom is -0.363 e. The van der Waals surface area contributed by atoms with Gasteiger partial charge in [0, 0.05) is 18.8 Å². The molecule has 1 nitrogen and oxygen atoms in total. The van der Waals surface area contributed by atoms with Crippen LogP contribution < -0.4 is 4.90 Å². The Labute approximate surface area is 116 Å². The van der Waals surface area contributed by atoms with Gasteiger partial charge in [-0.2, -0.15) is 0 Å². The molecule has 0 aliphatic carbocycles. The average Bonchev–Trinajstić information content (AvgIpc) is 2.39. The first-order valence-electron chi connectivity index (χ1n) is 6.67. The van der Waals surface area contributed by atoms with E-state index in [1.54, 1.807) is 0 Å².